The van der Waals surface area contributed by atoms with Crippen molar-refractivity contribution in [2.24, 2.45) is 0 Å². The summed E-state index contributed by atoms with van der Waals surface area (Å²) < 4.78 is 44.5. The average Bonchev–Trinajstić information content (AvgIpc) is 3.36. The third kappa shape index (κ3) is 6.18. The van der Waals surface area contributed by atoms with Crippen LogP contribution in [0, 0.1) is 0 Å². The van der Waals surface area contributed by atoms with Gasteiger partial charge in [-0.1, -0.05) is 18.5 Å². The third-order valence-electron chi connectivity index (χ3n) is 5.47. The minimum Gasteiger partial charge on any atom is -0.378 e. The molecule has 0 spiro atoms. The predicted octanol–water partition coefficient (Wildman–Crippen LogP) is 5.07. The molecule has 1 N–H and O–H groups in total. The Hall–Kier alpha value is -3.09. The molecule has 8 nitrogen and oxygen atoms in total. The van der Waals surface area contributed by atoms with Crippen LogP contribution in [-0.4, -0.2) is 52.9 Å². The van der Waals surface area contributed by atoms with Crippen molar-refractivity contribution >= 4 is 46.3 Å². The van der Waals surface area contributed by atoms with Crippen LogP contribution in [0.4, 0.5) is 24.8 Å². The number of Topliss-reactive ketones (excluding diaryl/α,β-unsaturated/α-hetero) is 1. The van der Waals surface area contributed by atoms with Gasteiger partial charge in [-0.05, 0) is 18.2 Å². The van der Waals surface area contributed by atoms with Crippen molar-refractivity contribution in [3.8, 4) is 0 Å². The molecule has 0 aliphatic carbocycles. The van der Waals surface area contributed by atoms with E-state index < -0.39 is 22.7 Å². The zero-order chi connectivity index (χ0) is 25.9. The third-order valence-corrected chi connectivity index (χ3v) is 6.99. The predicted molar refractivity (Wildman–Crippen MR) is 129 cm³/mol. The fourth-order valence-corrected chi connectivity index (χ4v) is 4.64. The van der Waals surface area contributed by atoms with Gasteiger partial charge in [0.15, 0.2) is 5.78 Å². The Kier molecular flexibility index (Phi) is 7.86. The van der Waals surface area contributed by atoms with E-state index in [9.17, 15) is 22.8 Å². The van der Waals surface area contributed by atoms with Crippen LogP contribution in [0.3, 0.4) is 0 Å². The minimum absolute atomic E-state index is 0.0920. The van der Waals surface area contributed by atoms with Gasteiger partial charge in [0, 0.05) is 43.4 Å². The first-order chi connectivity index (χ1) is 17.1. The van der Waals surface area contributed by atoms with Gasteiger partial charge in [-0.15, -0.1) is 11.3 Å². The van der Waals surface area contributed by atoms with Gasteiger partial charge in [-0.3, -0.25) is 9.59 Å². The lowest BCUT2D eigenvalue weighted by Crippen LogP contribution is -2.36. The number of anilines is 2. The molecule has 3 aromatic heterocycles. The van der Waals surface area contributed by atoms with Gasteiger partial charge in [0.1, 0.15) is 16.5 Å². The SMILES string of the molecule is CC(CC(=O)c1ccnc(N2CCOCC2)c1)c1ncc(C(=O)Nc2cc(C(F)(F)F)c(Cl)cn2)s1. The second kappa shape index (κ2) is 10.9. The van der Waals surface area contributed by atoms with E-state index in [1.807, 2.05) is 6.92 Å². The number of carbonyl (C=O) groups excluding carboxylic acids is 2. The molecule has 13 heteroatoms. The maximum absolute atomic E-state index is 13.1. The number of carbonyl (C=O) groups is 2. The Morgan fingerprint density at radius 3 is 2.67 bits per heavy atom. The maximum atomic E-state index is 13.1. The van der Waals surface area contributed by atoms with Crippen molar-refractivity contribution in [3.05, 3.63) is 62.8 Å². The number of hydrogen-bond acceptors (Lipinski definition) is 8. The van der Waals surface area contributed by atoms with Crippen LogP contribution in [0.5, 0.6) is 0 Å². The number of nitrogens with zero attached hydrogens (tertiary/aromatic N) is 4. The highest BCUT2D eigenvalue weighted by molar-refractivity contribution is 7.13. The summed E-state index contributed by atoms with van der Waals surface area (Å²) >= 11 is 6.62. The summed E-state index contributed by atoms with van der Waals surface area (Å²) in [6.45, 7) is 4.43. The van der Waals surface area contributed by atoms with Crippen molar-refractivity contribution in [1.29, 1.82) is 0 Å². The second-order valence-electron chi connectivity index (χ2n) is 8.09. The molecule has 4 heterocycles. The molecular formula is C23H21ClF3N5O3S. The summed E-state index contributed by atoms with van der Waals surface area (Å²) in [5.74, 6) is -0.608. The summed E-state index contributed by atoms with van der Waals surface area (Å²) in [6, 6.07) is 4.09. The molecule has 1 saturated heterocycles. The van der Waals surface area contributed by atoms with E-state index in [4.69, 9.17) is 16.3 Å². The fourth-order valence-electron chi connectivity index (χ4n) is 3.56. The van der Waals surface area contributed by atoms with Gasteiger partial charge in [-0.25, -0.2) is 15.0 Å². The number of rotatable bonds is 7. The van der Waals surface area contributed by atoms with Gasteiger partial charge in [0.2, 0.25) is 0 Å². The fraction of sp³-hybridized carbons (Fsp3) is 0.348. The molecule has 4 rings (SSSR count). The molecule has 1 atom stereocenters. The second-order valence-corrected chi connectivity index (χ2v) is 9.56. The van der Waals surface area contributed by atoms with Crippen molar-refractivity contribution in [3.63, 3.8) is 0 Å². The number of ether oxygens (including phenoxy) is 1. The maximum Gasteiger partial charge on any atom is 0.418 e. The van der Waals surface area contributed by atoms with Crippen molar-refractivity contribution < 1.29 is 27.5 Å². The minimum atomic E-state index is -4.68. The van der Waals surface area contributed by atoms with Crippen LogP contribution < -0.4 is 10.2 Å². The van der Waals surface area contributed by atoms with E-state index in [1.165, 1.54) is 6.20 Å². The van der Waals surface area contributed by atoms with Gasteiger partial charge in [0.05, 0.1) is 35.0 Å². The van der Waals surface area contributed by atoms with Crippen molar-refractivity contribution in [1.82, 2.24) is 15.0 Å². The van der Waals surface area contributed by atoms with Crippen molar-refractivity contribution in [2.45, 2.75) is 25.4 Å². The summed E-state index contributed by atoms with van der Waals surface area (Å²) in [5, 5.41) is 2.32. The van der Waals surface area contributed by atoms with Gasteiger partial charge >= 0.3 is 6.18 Å². The molecule has 1 fully saturated rings. The Morgan fingerprint density at radius 2 is 1.94 bits per heavy atom. The smallest absolute Gasteiger partial charge is 0.378 e. The Balaban J connectivity index is 1.40. The van der Waals surface area contributed by atoms with E-state index in [1.54, 1.807) is 18.3 Å². The molecule has 1 unspecified atom stereocenters. The Bertz CT molecular complexity index is 1260. The molecule has 1 amide bonds. The first-order valence-corrected chi connectivity index (χ1v) is 12.1. The van der Waals surface area contributed by atoms with E-state index in [0.717, 1.165) is 23.4 Å². The highest BCUT2D eigenvalue weighted by Gasteiger charge is 2.34. The molecule has 3 aromatic rings. The highest BCUT2D eigenvalue weighted by Crippen LogP contribution is 2.35. The normalized spacial score (nSPS) is 15.0. The van der Waals surface area contributed by atoms with Crippen LogP contribution >= 0.6 is 22.9 Å². The molecule has 0 aromatic carbocycles. The number of morpholine rings is 1. The number of hydrogen-bond donors (Lipinski definition) is 1. The van der Waals surface area contributed by atoms with E-state index in [0.29, 0.717) is 42.9 Å². The molecule has 1 aliphatic heterocycles. The monoisotopic (exact) mass is 539 g/mol. The summed E-state index contributed by atoms with van der Waals surface area (Å²) in [7, 11) is 0. The quantitative estimate of drug-likeness (QED) is 0.419. The number of amides is 1. The molecule has 0 saturated carbocycles. The molecule has 1 aliphatic rings. The van der Waals surface area contributed by atoms with Gasteiger partial charge in [0.25, 0.3) is 5.91 Å². The van der Waals surface area contributed by atoms with Gasteiger partial charge < -0.3 is 15.0 Å². The Morgan fingerprint density at radius 1 is 1.19 bits per heavy atom. The number of thiazole rings is 1. The van der Waals surface area contributed by atoms with E-state index in [-0.39, 0.29) is 28.8 Å². The summed E-state index contributed by atoms with van der Waals surface area (Å²) in [4.78, 5) is 40.0. The molecule has 36 heavy (non-hydrogen) atoms. The molecule has 190 valence electrons. The lowest BCUT2D eigenvalue weighted by atomic mass is 10.0. The number of pyridine rings is 2. The van der Waals surface area contributed by atoms with Crippen LogP contribution in [0.2, 0.25) is 5.02 Å². The summed E-state index contributed by atoms with van der Waals surface area (Å²) in [6.07, 6.45) is -0.773. The number of halogens is 4. The van der Waals surface area contributed by atoms with Crippen LogP contribution in [-0.2, 0) is 10.9 Å². The number of ketones is 1. The number of aromatic nitrogens is 3. The van der Waals surface area contributed by atoms with Crippen molar-refractivity contribution in [2.75, 3.05) is 36.5 Å². The van der Waals surface area contributed by atoms with Crippen LogP contribution in [0.15, 0.2) is 36.8 Å². The van der Waals surface area contributed by atoms with E-state index in [2.05, 4.69) is 25.2 Å². The first-order valence-electron chi connectivity index (χ1n) is 10.9. The topological polar surface area (TPSA) is 97.3 Å². The molecule has 0 radical (unpaired) electrons. The lowest BCUT2D eigenvalue weighted by molar-refractivity contribution is -0.137. The molecule has 0 bridgehead atoms. The van der Waals surface area contributed by atoms with Crippen LogP contribution in [0.1, 0.15) is 49.9 Å². The highest BCUT2D eigenvalue weighted by atomic mass is 35.5. The zero-order valence-electron chi connectivity index (χ0n) is 19.0. The zero-order valence-corrected chi connectivity index (χ0v) is 20.6. The largest absolute Gasteiger partial charge is 0.418 e. The first kappa shape index (κ1) is 26.0. The summed E-state index contributed by atoms with van der Waals surface area (Å²) in [5.41, 5.74) is -0.568. The lowest BCUT2D eigenvalue weighted by Gasteiger charge is -2.27. The molecular weight excluding hydrogens is 519 g/mol. The number of nitrogens with one attached hydrogen (secondary N) is 1. The van der Waals surface area contributed by atoms with Crippen LogP contribution in [0.25, 0.3) is 0 Å². The van der Waals surface area contributed by atoms with E-state index >= 15 is 0 Å². The Labute approximate surface area is 213 Å². The average molecular weight is 540 g/mol. The number of alkyl halides is 3. The van der Waals surface area contributed by atoms with Gasteiger partial charge in [-0.2, -0.15) is 13.2 Å². The standard InChI is InChI=1S/C23H21ClF3N5O3S/c1-13(8-17(33)14-2-3-28-20(9-14)32-4-6-35-7-5-32)22-30-12-18(36-22)21(34)31-19-10-15(23(25,26)27)16(24)11-29-19/h2-3,9-13H,4-8H2,1H3,(H,29,31,34).